The minimum atomic E-state index is -1.07. The average molecular weight is 589 g/mol. The van der Waals surface area contributed by atoms with Gasteiger partial charge in [0.1, 0.15) is 39.1 Å². The van der Waals surface area contributed by atoms with E-state index >= 15 is 0 Å². The summed E-state index contributed by atoms with van der Waals surface area (Å²) in [5.74, 6) is -2.22. The Kier molecular flexibility index (Phi) is 9.75. The first-order chi connectivity index (χ1) is 15.7. The summed E-state index contributed by atoms with van der Waals surface area (Å²) in [6.45, 7) is 0. The molecule has 4 aromatic rings. The number of Topliss-reactive ketones (excluding diaryl/α,β-unsaturated/α-hetero) is 1. The number of hydrogen-bond donors (Lipinski definition) is 2. The SMILES string of the molecule is Nc1cc(F)cnc1Br.O=C(Cc1cc(F)cnc1Br)c1ccon1.O=C(O)c1ccon1. The zero-order valence-electron chi connectivity index (χ0n) is 16.3. The molecule has 0 saturated carbocycles. The Balaban J connectivity index is 0.000000192. The molecule has 0 spiro atoms. The first-order valence-corrected chi connectivity index (χ1v) is 10.2. The molecule has 0 amide bonds. The Bertz CT molecular complexity index is 1210. The highest BCUT2D eigenvalue weighted by molar-refractivity contribution is 9.10. The molecule has 0 saturated heterocycles. The number of carbonyl (C=O) groups excluding carboxylic acids is 1. The van der Waals surface area contributed by atoms with E-state index < -0.39 is 17.6 Å². The molecule has 0 aliphatic heterocycles. The van der Waals surface area contributed by atoms with Crippen molar-refractivity contribution >= 4 is 49.3 Å². The van der Waals surface area contributed by atoms with Crippen LogP contribution in [0.25, 0.3) is 0 Å². The van der Waals surface area contributed by atoms with Crippen LogP contribution in [-0.2, 0) is 6.42 Å². The quantitative estimate of drug-likeness (QED) is 0.259. The van der Waals surface area contributed by atoms with Gasteiger partial charge in [0.15, 0.2) is 11.5 Å². The van der Waals surface area contributed by atoms with Crippen LogP contribution in [0.2, 0.25) is 0 Å². The van der Waals surface area contributed by atoms with E-state index in [9.17, 15) is 18.4 Å². The number of carboxylic acid groups (broad SMARTS) is 1. The Morgan fingerprint density at radius 1 is 0.939 bits per heavy atom. The van der Waals surface area contributed by atoms with Gasteiger partial charge in [-0.15, -0.1) is 0 Å². The molecular weight excluding hydrogens is 576 g/mol. The molecule has 0 unspecified atom stereocenters. The summed E-state index contributed by atoms with van der Waals surface area (Å²) in [7, 11) is 0. The molecule has 0 bridgehead atoms. The fraction of sp³-hybridized carbons (Fsp3) is 0.0526. The van der Waals surface area contributed by atoms with Crippen LogP contribution in [0, 0.1) is 11.6 Å². The zero-order valence-corrected chi connectivity index (χ0v) is 19.5. The van der Waals surface area contributed by atoms with Crippen LogP contribution >= 0.6 is 31.9 Å². The molecule has 0 aromatic carbocycles. The summed E-state index contributed by atoms with van der Waals surface area (Å²) in [6.07, 6.45) is 4.72. The van der Waals surface area contributed by atoms with Crippen LogP contribution in [0.1, 0.15) is 26.5 Å². The molecule has 33 heavy (non-hydrogen) atoms. The van der Waals surface area contributed by atoms with Crippen LogP contribution in [0.3, 0.4) is 0 Å². The van der Waals surface area contributed by atoms with Gasteiger partial charge in [0.25, 0.3) is 0 Å². The summed E-state index contributed by atoms with van der Waals surface area (Å²) >= 11 is 6.17. The summed E-state index contributed by atoms with van der Waals surface area (Å²) < 4.78 is 34.8. The number of nitrogens with two attached hydrogens (primary N) is 1. The normalized spacial score (nSPS) is 9.82. The van der Waals surface area contributed by atoms with Gasteiger partial charge in [0, 0.05) is 24.6 Å². The molecule has 0 aliphatic carbocycles. The molecule has 0 radical (unpaired) electrons. The summed E-state index contributed by atoms with van der Waals surface area (Å²) in [4.78, 5) is 28.9. The highest BCUT2D eigenvalue weighted by Crippen LogP contribution is 2.17. The van der Waals surface area contributed by atoms with E-state index in [1.807, 2.05) is 0 Å². The molecule has 0 aliphatic rings. The fourth-order valence-electron chi connectivity index (χ4n) is 1.97. The van der Waals surface area contributed by atoms with Crippen molar-refractivity contribution in [3.63, 3.8) is 0 Å². The number of carboxylic acids is 1. The van der Waals surface area contributed by atoms with Gasteiger partial charge >= 0.3 is 5.97 Å². The van der Waals surface area contributed by atoms with Crippen molar-refractivity contribution in [2.45, 2.75) is 6.42 Å². The van der Waals surface area contributed by atoms with Gasteiger partial charge in [-0.2, -0.15) is 0 Å². The van der Waals surface area contributed by atoms with Gasteiger partial charge < -0.3 is 19.9 Å². The molecule has 4 aromatic heterocycles. The monoisotopic (exact) mass is 587 g/mol. The first kappa shape index (κ1) is 25.7. The Hall–Kier alpha value is -3.52. The topological polar surface area (TPSA) is 158 Å². The van der Waals surface area contributed by atoms with Crippen molar-refractivity contribution in [2.24, 2.45) is 0 Å². The van der Waals surface area contributed by atoms with Crippen LogP contribution in [0.4, 0.5) is 14.5 Å². The van der Waals surface area contributed by atoms with E-state index in [0.29, 0.717) is 20.5 Å². The highest BCUT2D eigenvalue weighted by Gasteiger charge is 2.13. The van der Waals surface area contributed by atoms with Crippen molar-refractivity contribution in [2.75, 3.05) is 5.73 Å². The van der Waals surface area contributed by atoms with Crippen molar-refractivity contribution in [1.29, 1.82) is 0 Å². The second kappa shape index (κ2) is 12.5. The lowest BCUT2D eigenvalue weighted by molar-refractivity contribution is 0.0685. The van der Waals surface area contributed by atoms with Gasteiger partial charge in [-0.25, -0.2) is 23.5 Å². The van der Waals surface area contributed by atoms with E-state index in [4.69, 9.17) is 10.8 Å². The van der Waals surface area contributed by atoms with E-state index in [1.54, 1.807) is 0 Å². The molecule has 0 atom stereocenters. The van der Waals surface area contributed by atoms with Crippen molar-refractivity contribution < 1.29 is 32.5 Å². The van der Waals surface area contributed by atoms with E-state index in [1.165, 1.54) is 36.8 Å². The number of pyridine rings is 2. The van der Waals surface area contributed by atoms with Crippen LogP contribution in [-0.4, -0.2) is 37.1 Å². The summed E-state index contributed by atoms with van der Waals surface area (Å²) in [5.41, 5.74) is 6.22. The minimum Gasteiger partial charge on any atom is -0.476 e. The lowest BCUT2D eigenvalue weighted by atomic mass is 10.1. The molecule has 0 fully saturated rings. The van der Waals surface area contributed by atoms with E-state index in [2.05, 4.69) is 61.2 Å². The number of hydrogen-bond acceptors (Lipinski definition) is 9. The van der Waals surface area contributed by atoms with Gasteiger partial charge in [-0.1, -0.05) is 10.3 Å². The Labute approximate surface area is 201 Å². The number of ketones is 1. The molecule has 4 rings (SSSR count). The lowest BCUT2D eigenvalue weighted by Gasteiger charge is -2.01. The largest absolute Gasteiger partial charge is 0.476 e. The van der Waals surface area contributed by atoms with E-state index in [-0.39, 0.29) is 23.6 Å². The summed E-state index contributed by atoms with van der Waals surface area (Å²) in [6, 6.07) is 5.21. The number of nitrogens with zero attached hydrogens (tertiary/aromatic N) is 4. The number of carbonyl (C=O) groups is 2. The van der Waals surface area contributed by atoms with Gasteiger partial charge in [-0.05, 0) is 43.5 Å². The Morgan fingerprint density at radius 2 is 1.48 bits per heavy atom. The maximum absolute atomic E-state index is 12.9. The zero-order chi connectivity index (χ0) is 24.4. The van der Waals surface area contributed by atoms with Crippen molar-refractivity contribution in [3.8, 4) is 0 Å². The third kappa shape index (κ3) is 8.50. The standard InChI is InChI=1S/C10H6BrFN2O2.C5H4BrFN2.C4H3NO3/c11-10-6(3-7(12)5-13-10)4-9(15)8-1-2-16-14-8;6-5-4(8)1-3(7)2-9-5;6-4(7)3-1-2-8-5-3/h1-3,5H,4H2;1-2H,8H2;1-2H,(H,6,7). The average Bonchev–Trinajstić information content (AvgIpc) is 3.49. The minimum absolute atomic E-state index is 0.0257. The molecule has 172 valence electrons. The van der Waals surface area contributed by atoms with Crippen LogP contribution in [0.5, 0.6) is 0 Å². The van der Waals surface area contributed by atoms with Crippen LogP contribution in [0.15, 0.2) is 67.4 Å². The number of halogens is 4. The second-order valence-corrected chi connectivity index (χ2v) is 7.31. The third-order valence-corrected chi connectivity index (χ3v) is 4.82. The number of nitrogen functional groups attached to an aromatic ring is 1. The summed E-state index contributed by atoms with van der Waals surface area (Å²) in [5, 5.41) is 14.8. The van der Waals surface area contributed by atoms with Crippen molar-refractivity contribution in [3.05, 3.63) is 87.0 Å². The maximum Gasteiger partial charge on any atom is 0.358 e. The number of anilines is 1. The molecule has 10 nitrogen and oxygen atoms in total. The van der Waals surface area contributed by atoms with Gasteiger partial charge in [0.2, 0.25) is 0 Å². The van der Waals surface area contributed by atoms with Crippen molar-refractivity contribution in [1.82, 2.24) is 20.3 Å². The first-order valence-electron chi connectivity index (χ1n) is 8.61. The number of rotatable bonds is 4. The second-order valence-electron chi connectivity index (χ2n) is 5.81. The maximum atomic E-state index is 12.9. The molecule has 3 N–H and O–H groups in total. The molecular formula is C19H13Br2F2N5O5. The van der Waals surface area contributed by atoms with Crippen LogP contribution < -0.4 is 5.73 Å². The van der Waals surface area contributed by atoms with E-state index in [0.717, 1.165) is 12.4 Å². The van der Waals surface area contributed by atoms with Gasteiger partial charge in [-0.3, -0.25) is 4.79 Å². The molecule has 14 heteroatoms. The lowest BCUT2D eigenvalue weighted by Crippen LogP contribution is -2.05. The van der Waals surface area contributed by atoms with Gasteiger partial charge in [0.05, 0.1) is 18.1 Å². The number of aromatic nitrogens is 4. The highest BCUT2D eigenvalue weighted by atomic mass is 79.9. The fourth-order valence-corrected chi connectivity index (χ4v) is 2.54. The Morgan fingerprint density at radius 3 is 1.94 bits per heavy atom. The number of aromatic carboxylic acids is 1. The predicted molar refractivity (Wildman–Crippen MR) is 116 cm³/mol. The third-order valence-electron chi connectivity index (χ3n) is 3.44. The molecule has 4 heterocycles. The predicted octanol–water partition coefficient (Wildman–Crippen LogP) is 4.33. The smallest absolute Gasteiger partial charge is 0.358 e.